The predicted octanol–water partition coefficient (Wildman–Crippen LogP) is 2.76. The number of hydrogen-bond acceptors (Lipinski definition) is 6. The summed E-state index contributed by atoms with van der Waals surface area (Å²) in [6.45, 7) is 3.91. The van der Waals surface area contributed by atoms with Gasteiger partial charge in [-0.25, -0.2) is 0 Å². The first-order chi connectivity index (χ1) is 13.6. The Morgan fingerprint density at radius 1 is 1.28 bits per heavy atom. The van der Waals surface area contributed by atoms with E-state index >= 15 is 0 Å². The van der Waals surface area contributed by atoms with Crippen LogP contribution in [-0.2, 0) is 24.1 Å². The smallest absolute Gasteiger partial charge is 0.399 e. The number of fused-ring (bicyclic) bond motifs is 3. The van der Waals surface area contributed by atoms with Crippen molar-refractivity contribution in [3.8, 4) is 0 Å². The Balaban J connectivity index is 1.72. The molecule has 2 aromatic heterocycles. The first kappa shape index (κ1) is 19.0. The van der Waals surface area contributed by atoms with Crippen LogP contribution in [0.4, 0.5) is 24.7 Å². The molecule has 0 aliphatic carbocycles. The Hall–Kier alpha value is -3.37. The molecule has 152 valence electrons. The number of anilines is 2. The molecular formula is C18H18F3N7O. The summed E-state index contributed by atoms with van der Waals surface area (Å²) in [5.74, 6) is 0.701. The van der Waals surface area contributed by atoms with Crippen LogP contribution < -0.4 is 11.1 Å². The summed E-state index contributed by atoms with van der Waals surface area (Å²) in [7, 11) is 0. The summed E-state index contributed by atoms with van der Waals surface area (Å²) < 4.78 is 41.1. The van der Waals surface area contributed by atoms with E-state index in [0.717, 1.165) is 23.4 Å². The van der Waals surface area contributed by atoms with Crippen LogP contribution in [0.1, 0.15) is 42.3 Å². The lowest BCUT2D eigenvalue weighted by molar-refractivity contribution is -0.137. The van der Waals surface area contributed by atoms with E-state index in [0.29, 0.717) is 30.2 Å². The number of nitrogens with zero attached hydrogens (tertiary/aromatic N) is 5. The zero-order valence-electron chi connectivity index (χ0n) is 15.7. The summed E-state index contributed by atoms with van der Waals surface area (Å²) >= 11 is 0. The molecule has 1 amide bonds. The molecule has 0 spiro atoms. The highest BCUT2D eigenvalue weighted by Crippen LogP contribution is 2.35. The third-order valence-corrected chi connectivity index (χ3v) is 4.96. The SMILES string of the molecule is CC(=O)N1Cc2c(NC(C)c3cc(N)cc(C(F)(F)F)c3)nc3nncn3c2C1. The second-order valence-electron chi connectivity index (χ2n) is 7.01. The Labute approximate surface area is 163 Å². The number of alkyl halides is 3. The third kappa shape index (κ3) is 3.43. The van der Waals surface area contributed by atoms with E-state index in [1.807, 2.05) is 0 Å². The highest BCUT2D eigenvalue weighted by atomic mass is 19.4. The van der Waals surface area contributed by atoms with Crippen molar-refractivity contribution in [2.24, 2.45) is 0 Å². The highest BCUT2D eigenvalue weighted by molar-refractivity contribution is 5.75. The van der Waals surface area contributed by atoms with Gasteiger partial charge in [-0.2, -0.15) is 18.2 Å². The molecule has 1 atom stereocenters. The zero-order chi connectivity index (χ0) is 20.9. The first-order valence-electron chi connectivity index (χ1n) is 8.84. The Morgan fingerprint density at radius 2 is 2.03 bits per heavy atom. The molecule has 29 heavy (non-hydrogen) atoms. The second kappa shape index (κ2) is 6.61. The minimum absolute atomic E-state index is 0.0253. The molecule has 3 N–H and O–H groups in total. The van der Waals surface area contributed by atoms with Crippen molar-refractivity contribution in [1.82, 2.24) is 24.5 Å². The van der Waals surface area contributed by atoms with Gasteiger partial charge in [-0.3, -0.25) is 9.20 Å². The quantitative estimate of drug-likeness (QED) is 0.650. The summed E-state index contributed by atoms with van der Waals surface area (Å²) in [5.41, 5.74) is 6.86. The number of halogens is 3. The number of carbonyl (C=O) groups excluding carboxylic acids is 1. The Kier molecular flexibility index (Phi) is 4.32. The van der Waals surface area contributed by atoms with Gasteiger partial charge in [-0.15, -0.1) is 10.2 Å². The largest absolute Gasteiger partial charge is 0.416 e. The summed E-state index contributed by atoms with van der Waals surface area (Å²) in [5, 5.41) is 11.0. The van der Waals surface area contributed by atoms with E-state index in [-0.39, 0.29) is 11.6 Å². The average molecular weight is 405 g/mol. The van der Waals surface area contributed by atoms with Crippen molar-refractivity contribution >= 4 is 23.2 Å². The van der Waals surface area contributed by atoms with Crippen LogP contribution in [0.3, 0.4) is 0 Å². The van der Waals surface area contributed by atoms with Gasteiger partial charge in [0.1, 0.15) is 12.1 Å². The van der Waals surface area contributed by atoms with Gasteiger partial charge in [0.15, 0.2) is 0 Å². The van der Waals surface area contributed by atoms with Crippen LogP contribution in [0.2, 0.25) is 0 Å². The molecule has 4 rings (SSSR count). The molecule has 0 radical (unpaired) electrons. The fourth-order valence-electron chi connectivity index (χ4n) is 3.43. The van der Waals surface area contributed by atoms with Crippen LogP contribution >= 0.6 is 0 Å². The lowest BCUT2D eigenvalue weighted by Gasteiger charge is -2.19. The van der Waals surface area contributed by atoms with Gasteiger partial charge < -0.3 is 16.0 Å². The van der Waals surface area contributed by atoms with Gasteiger partial charge in [0.25, 0.3) is 5.78 Å². The Bertz CT molecular complexity index is 1110. The van der Waals surface area contributed by atoms with E-state index in [1.54, 1.807) is 16.2 Å². The van der Waals surface area contributed by atoms with Gasteiger partial charge >= 0.3 is 6.18 Å². The summed E-state index contributed by atoms with van der Waals surface area (Å²) in [6.07, 6.45) is -2.97. The van der Waals surface area contributed by atoms with E-state index in [1.165, 1.54) is 19.3 Å². The minimum Gasteiger partial charge on any atom is -0.399 e. The van der Waals surface area contributed by atoms with Crippen molar-refractivity contribution in [2.45, 2.75) is 39.2 Å². The van der Waals surface area contributed by atoms with Crippen LogP contribution in [0, 0.1) is 0 Å². The predicted molar refractivity (Wildman–Crippen MR) is 98.6 cm³/mol. The number of rotatable bonds is 3. The zero-order valence-corrected chi connectivity index (χ0v) is 15.7. The number of aromatic nitrogens is 4. The van der Waals surface area contributed by atoms with E-state index < -0.39 is 17.8 Å². The fraction of sp³-hybridized carbons (Fsp3) is 0.333. The molecule has 0 bridgehead atoms. The van der Waals surface area contributed by atoms with Crippen molar-refractivity contribution in [1.29, 1.82) is 0 Å². The third-order valence-electron chi connectivity index (χ3n) is 4.96. The monoisotopic (exact) mass is 405 g/mol. The standard InChI is InChI=1S/C18H18F3N7O/c1-9(11-3-12(18(19,20)21)5-13(22)4-11)24-16-14-6-27(10(2)29)7-15(14)28-8-23-26-17(28)25-16/h3-5,8-9H,6-7,22H2,1-2H3,(H,24,25,26). The molecule has 1 aliphatic heterocycles. The number of hydrogen-bond donors (Lipinski definition) is 2. The number of nitrogen functional groups attached to an aromatic ring is 1. The van der Waals surface area contributed by atoms with Crippen LogP contribution in [0.5, 0.6) is 0 Å². The fourth-order valence-corrected chi connectivity index (χ4v) is 3.43. The van der Waals surface area contributed by atoms with Crippen LogP contribution in [0.15, 0.2) is 24.5 Å². The number of nitrogens with one attached hydrogen (secondary N) is 1. The molecule has 11 heteroatoms. The topological polar surface area (TPSA) is 101 Å². The number of benzene rings is 1. The van der Waals surface area contributed by atoms with Crippen molar-refractivity contribution in [3.63, 3.8) is 0 Å². The normalized spacial score (nSPS) is 14.9. The lowest BCUT2D eigenvalue weighted by Crippen LogP contribution is -2.22. The molecule has 0 fully saturated rings. The van der Waals surface area contributed by atoms with Gasteiger partial charge in [0.2, 0.25) is 5.91 Å². The van der Waals surface area contributed by atoms with Crippen LogP contribution in [0.25, 0.3) is 5.78 Å². The summed E-state index contributed by atoms with van der Waals surface area (Å²) in [4.78, 5) is 17.9. The maximum absolute atomic E-state index is 13.1. The van der Waals surface area contributed by atoms with E-state index in [2.05, 4.69) is 20.5 Å². The second-order valence-corrected chi connectivity index (χ2v) is 7.01. The van der Waals surface area contributed by atoms with Crippen LogP contribution in [-0.4, -0.2) is 30.4 Å². The minimum atomic E-state index is -4.49. The lowest BCUT2D eigenvalue weighted by atomic mass is 10.0. The van der Waals surface area contributed by atoms with Gasteiger partial charge in [-0.05, 0) is 30.7 Å². The molecule has 8 nitrogen and oxygen atoms in total. The summed E-state index contributed by atoms with van der Waals surface area (Å²) in [6, 6.07) is 2.93. The molecule has 0 saturated heterocycles. The Morgan fingerprint density at radius 3 is 2.72 bits per heavy atom. The van der Waals surface area contributed by atoms with Crippen molar-refractivity contribution in [2.75, 3.05) is 11.1 Å². The average Bonchev–Trinajstić information content (AvgIpc) is 3.26. The van der Waals surface area contributed by atoms with E-state index in [4.69, 9.17) is 5.73 Å². The molecule has 3 aromatic rings. The van der Waals surface area contributed by atoms with Gasteiger partial charge in [0, 0.05) is 18.2 Å². The van der Waals surface area contributed by atoms with Crippen molar-refractivity contribution < 1.29 is 18.0 Å². The van der Waals surface area contributed by atoms with Crippen molar-refractivity contribution in [3.05, 3.63) is 46.9 Å². The van der Waals surface area contributed by atoms with E-state index in [9.17, 15) is 18.0 Å². The molecule has 1 aromatic carbocycles. The maximum Gasteiger partial charge on any atom is 0.416 e. The molecule has 1 unspecified atom stereocenters. The maximum atomic E-state index is 13.1. The number of nitrogens with two attached hydrogens (primary N) is 1. The molecule has 3 heterocycles. The molecular weight excluding hydrogens is 387 g/mol. The van der Waals surface area contributed by atoms with Gasteiger partial charge in [-0.1, -0.05) is 0 Å². The molecule has 0 saturated carbocycles. The highest BCUT2D eigenvalue weighted by Gasteiger charge is 2.32. The number of amides is 1. The molecule has 1 aliphatic rings. The van der Waals surface area contributed by atoms with Gasteiger partial charge in [0.05, 0.1) is 30.4 Å². The first-order valence-corrected chi connectivity index (χ1v) is 8.84. The number of carbonyl (C=O) groups is 1.